The minimum atomic E-state index is -0.221. The molecule has 8 nitrogen and oxygen atoms in total. The number of carbonyl (C=O) groups excluding carboxylic acids is 3. The third-order valence-electron chi connectivity index (χ3n) is 5.16. The first-order valence-corrected chi connectivity index (χ1v) is 9.98. The lowest BCUT2D eigenvalue weighted by Gasteiger charge is -2.31. The van der Waals surface area contributed by atoms with Crippen molar-refractivity contribution in [2.45, 2.75) is 38.1 Å². The van der Waals surface area contributed by atoms with E-state index in [1.54, 1.807) is 24.3 Å². The van der Waals surface area contributed by atoms with E-state index in [0.29, 0.717) is 30.4 Å². The smallest absolute Gasteiger partial charge is 0.319 e. The number of likely N-dealkylation sites (tertiary alicyclic amines) is 1. The lowest BCUT2D eigenvalue weighted by molar-refractivity contribution is -0.123. The molecule has 1 saturated carbocycles. The average Bonchev–Trinajstić information content (AvgIpc) is 3.49. The van der Waals surface area contributed by atoms with Crippen molar-refractivity contribution >= 4 is 23.5 Å². The maximum absolute atomic E-state index is 12.2. The molecule has 0 bridgehead atoms. The zero-order valence-corrected chi connectivity index (χ0v) is 16.1. The van der Waals surface area contributed by atoms with Crippen LogP contribution in [0.4, 0.5) is 10.5 Å². The highest BCUT2D eigenvalue weighted by atomic mass is 16.2. The third kappa shape index (κ3) is 6.23. The van der Waals surface area contributed by atoms with E-state index in [9.17, 15) is 14.4 Å². The summed E-state index contributed by atoms with van der Waals surface area (Å²) in [6, 6.07) is 6.93. The summed E-state index contributed by atoms with van der Waals surface area (Å²) in [5.74, 6) is -0.412. The number of urea groups is 1. The van der Waals surface area contributed by atoms with Crippen molar-refractivity contribution in [3.8, 4) is 0 Å². The van der Waals surface area contributed by atoms with Crippen molar-refractivity contribution in [1.29, 1.82) is 0 Å². The number of carbonyl (C=O) groups is 3. The Kier molecular flexibility index (Phi) is 6.86. The predicted octanol–water partition coefficient (Wildman–Crippen LogP) is 1.29. The minimum absolute atomic E-state index is 0.0539. The molecule has 8 heteroatoms. The molecule has 2 fully saturated rings. The molecule has 5 N–H and O–H groups in total. The van der Waals surface area contributed by atoms with Crippen molar-refractivity contribution in [2.24, 2.45) is 11.7 Å². The highest BCUT2D eigenvalue weighted by molar-refractivity contribution is 5.95. The normalized spacial score (nSPS) is 19.6. The van der Waals surface area contributed by atoms with Crippen LogP contribution in [0.2, 0.25) is 0 Å². The number of amides is 4. The number of piperidine rings is 1. The number of rotatable bonds is 8. The number of hydrogen-bond acceptors (Lipinski definition) is 4. The molecule has 4 amide bonds. The second kappa shape index (κ2) is 9.54. The first-order valence-electron chi connectivity index (χ1n) is 9.98. The number of benzene rings is 1. The van der Waals surface area contributed by atoms with E-state index in [1.807, 2.05) is 0 Å². The van der Waals surface area contributed by atoms with Gasteiger partial charge in [0.25, 0.3) is 5.91 Å². The first-order chi connectivity index (χ1) is 13.5. The predicted molar refractivity (Wildman–Crippen MR) is 107 cm³/mol. The van der Waals surface area contributed by atoms with Crippen LogP contribution >= 0.6 is 0 Å². The van der Waals surface area contributed by atoms with Gasteiger partial charge in [-0.15, -0.1) is 0 Å². The fourth-order valence-corrected chi connectivity index (χ4v) is 3.38. The van der Waals surface area contributed by atoms with E-state index in [2.05, 4.69) is 20.9 Å². The van der Waals surface area contributed by atoms with Gasteiger partial charge in [-0.2, -0.15) is 0 Å². The van der Waals surface area contributed by atoms with Crippen LogP contribution in [0.15, 0.2) is 24.3 Å². The van der Waals surface area contributed by atoms with Gasteiger partial charge in [0.2, 0.25) is 5.91 Å². The molecule has 0 radical (unpaired) electrons. The van der Waals surface area contributed by atoms with E-state index < -0.39 is 0 Å². The molecule has 1 atom stereocenters. The van der Waals surface area contributed by atoms with Crippen LogP contribution in [0.25, 0.3) is 0 Å². The second-order valence-corrected chi connectivity index (χ2v) is 7.60. The number of nitrogens with zero attached hydrogens (tertiary/aromatic N) is 1. The van der Waals surface area contributed by atoms with Crippen LogP contribution in [0.3, 0.4) is 0 Å². The minimum Gasteiger partial charge on any atom is -0.369 e. The van der Waals surface area contributed by atoms with Crippen molar-refractivity contribution in [3.63, 3.8) is 0 Å². The van der Waals surface area contributed by atoms with Gasteiger partial charge in [0, 0.05) is 30.4 Å². The molecule has 1 aromatic rings. The van der Waals surface area contributed by atoms with Crippen molar-refractivity contribution in [2.75, 3.05) is 31.5 Å². The Morgan fingerprint density at radius 1 is 1.11 bits per heavy atom. The van der Waals surface area contributed by atoms with E-state index >= 15 is 0 Å². The van der Waals surface area contributed by atoms with E-state index in [0.717, 1.165) is 45.2 Å². The summed E-state index contributed by atoms with van der Waals surface area (Å²) in [4.78, 5) is 37.5. The molecule has 28 heavy (non-hydrogen) atoms. The van der Waals surface area contributed by atoms with Gasteiger partial charge < -0.3 is 26.6 Å². The molecule has 152 valence electrons. The average molecular weight is 387 g/mol. The number of primary amides is 1. The Hall–Kier alpha value is -2.61. The standard InChI is InChI=1S/C20H29N5O3/c21-18(26)15-3-1-11-25(13-15)12-2-10-22-19(27)14-4-6-16(7-5-14)23-20(28)24-17-8-9-17/h4-7,15,17H,1-3,8-13H2,(H2,21,26)(H,22,27)(H2,23,24,28). The summed E-state index contributed by atoms with van der Waals surface area (Å²) >= 11 is 0. The SMILES string of the molecule is NC(=O)C1CCCN(CCCNC(=O)c2ccc(NC(=O)NC3CC3)cc2)C1. The highest BCUT2D eigenvalue weighted by Crippen LogP contribution is 2.19. The van der Waals surface area contributed by atoms with Gasteiger partial charge in [0.05, 0.1) is 5.92 Å². The molecule has 1 aliphatic carbocycles. The van der Waals surface area contributed by atoms with Crippen molar-refractivity contribution in [3.05, 3.63) is 29.8 Å². The monoisotopic (exact) mass is 387 g/mol. The maximum atomic E-state index is 12.2. The van der Waals surface area contributed by atoms with Gasteiger partial charge >= 0.3 is 6.03 Å². The summed E-state index contributed by atoms with van der Waals surface area (Å²) in [6.45, 7) is 3.09. The number of anilines is 1. The molecule has 3 rings (SSSR count). The summed E-state index contributed by atoms with van der Waals surface area (Å²) in [5.41, 5.74) is 6.61. The van der Waals surface area contributed by atoms with Gasteiger partial charge in [0.15, 0.2) is 0 Å². The molecule has 1 heterocycles. The zero-order chi connectivity index (χ0) is 19.9. The van der Waals surface area contributed by atoms with Gasteiger partial charge in [-0.3, -0.25) is 9.59 Å². The molecule has 1 aliphatic heterocycles. The van der Waals surface area contributed by atoms with Gasteiger partial charge in [-0.05, 0) is 69.5 Å². The number of hydrogen-bond donors (Lipinski definition) is 4. The first kappa shape index (κ1) is 20.1. The second-order valence-electron chi connectivity index (χ2n) is 7.60. The molecule has 1 aromatic carbocycles. The Morgan fingerprint density at radius 3 is 2.54 bits per heavy atom. The summed E-state index contributed by atoms with van der Waals surface area (Å²) in [6.07, 6.45) is 4.75. The highest BCUT2D eigenvalue weighted by Gasteiger charge is 2.24. The Morgan fingerprint density at radius 2 is 1.86 bits per heavy atom. The molecule has 1 saturated heterocycles. The van der Waals surface area contributed by atoms with Crippen molar-refractivity contribution < 1.29 is 14.4 Å². The number of nitrogens with one attached hydrogen (secondary N) is 3. The molecular formula is C20H29N5O3. The Labute approximate surface area is 165 Å². The molecule has 1 unspecified atom stereocenters. The van der Waals surface area contributed by atoms with Crippen LogP contribution in [0.5, 0.6) is 0 Å². The summed E-state index contributed by atoms with van der Waals surface area (Å²) in [5, 5.41) is 8.52. The van der Waals surface area contributed by atoms with E-state index in [-0.39, 0.29) is 23.8 Å². The quantitative estimate of drug-likeness (QED) is 0.503. The van der Waals surface area contributed by atoms with Gasteiger partial charge in [-0.1, -0.05) is 0 Å². The van der Waals surface area contributed by atoms with Crippen molar-refractivity contribution in [1.82, 2.24) is 15.5 Å². The summed E-state index contributed by atoms with van der Waals surface area (Å²) < 4.78 is 0. The van der Waals surface area contributed by atoms with Crippen LogP contribution in [0, 0.1) is 5.92 Å². The van der Waals surface area contributed by atoms with Crippen LogP contribution < -0.4 is 21.7 Å². The van der Waals surface area contributed by atoms with Crippen LogP contribution in [-0.4, -0.2) is 55.0 Å². The molecule has 0 spiro atoms. The lowest BCUT2D eigenvalue weighted by Crippen LogP contribution is -2.42. The van der Waals surface area contributed by atoms with E-state index in [4.69, 9.17) is 5.73 Å². The maximum Gasteiger partial charge on any atom is 0.319 e. The Balaban J connectivity index is 1.35. The largest absolute Gasteiger partial charge is 0.369 e. The zero-order valence-electron chi connectivity index (χ0n) is 16.1. The third-order valence-corrected chi connectivity index (χ3v) is 5.16. The van der Waals surface area contributed by atoms with Crippen LogP contribution in [0.1, 0.15) is 42.5 Å². The van der Waals surface area contributed by atoms with E-state index in [1.165, 1.54) is 0 Å². The summed E-state index contributed by atoms with van der Waals surface area (Å²) in [7, 11) is 0. The van der Waals surface area contributed by atoms with Gasteiger partial charge in [0.1, 0.15) is 0 Å². The Bertz CT molecular complexity index is 702. The molecule has 0 aromatic heterocycles. The lowest BCUT2D eigenvalue weighted by atomic mass is 9.97. The topological polar surface area (TPSA) is 117 Å². The molecule has 2 aliphatic rings. The number of nitrogens with two attached hydrogens (primary N) is 1. The molecular weight excluding hydrogens is 358 g/mol. The van der Waals surface area contributed by atoms with Gasteiger partial charge in [-0.25, -0.2) is 4.79 Å². The van der Waals surface area contributed by atoms with Crippen LogP contribution in [-0.2, 0) is 4.79 Å². The fraction of sp³-hybridized carbons (Fsp3) is 0.550. The fourth-order valence-electron chi connectivity index (χ4n) is 3.38.